The van der Waals surface area contributed by atoms with E-state index in [9.17, 15) is 21.8 Å². The van der Waals surface area contributed by atoms with E-state index < -0.39 is 45.7 Å². The highest BCUT2D eigenvalue weighted by Gasteiger charge is 2.46. The van der Waals surface area contributed by atoms with Gasteiger partial charge in [-0.15, -0.1) is 0 Å². The van der Waals surface area contributed by atoms with Gasteiger partial charge in [-0.1, -0.05) is 0 Å². The Morgan fingerprint density at radius 2 is 2.12 bits per heavy atom. The van der Waals surface area contributed by atoms with Crippen molar-refractivity contribution in [2.45, 2.75) is 18.6 Å². The normalized spacial score (nSPS) is 27.8. The molecule has 0 fully saturated rings. The van der Waals surface area contributed by atoms with Crippen molar-refractivity contribution in [3.8, 4) is 0 Å². The van der Waals surface area contributed by atoms with Crippen LogP contribution in [0.2, 0.25) is 0 Å². The minimum Gasteiger partial charge on any atom is -0.369 e. The van der Waals surface area contributed by atoms with E-state index in [-0.39, 0.29) is 5.69 Å². The van der Waals surface area contributed by atoms with E-state index in [0.717, 1.165) is 13.1 Å². The molecule has 2 rings (SSSR count). The summed E-state index contributed by atoms with van der Waals surface area (Å²) in [6.45, 7) is -0.170. The number of halogens is 5. The molecule has 134 valence electrons. The highest BCUT2D eigenvalue weighted by Crippen LogP contribution is 2.35. The van der Waals surface area contributed by atoms with Crippen LogP contribution in [0, 0.1) is 5.82 Å². The van der Waals surface area contributed by atoms with Crippen LogP contribution in [0.3, 0.4) is 0 Å². The summed E-state index contributed by atoms with van der Waals surface area (Å²) in [5, 5.41) is 0. The van der Waals surface area contributed by atoms with Gasteiger partial charge in [0.1, 0.15) is 38.1 Å². The van der Waals surface area contributed by atoms with Crippen LogP contribution >= 0.6 is 15.9 Å². The van der Waals surface area contributed by atoms with E-state index in [4.69, 9.17) is 5.73 Å². The maximum absolute atomic E-state index is 14.1. The van der Waals surface area contributed by atoms with E-state index in [1.165, 1.54) is 13.0 Å². The number of nitrogens with two attached hydrogens (primary N) is 1. The Hall–Kier alpha value is -1.43. The maximum Gasteiger partial charge on any atom is 0.407 e. The highest BCUT2D eigenvalue weighted by molar-refractivity contribution is 9.10. The molecule has 0 aromatic carbocycles. The van der Waals surface area contributed by atoms with Crippen LogP contribution in [0.25, 0.3) is 0 Å². The zero-order chi connectivity index (χ0) is 18.3. The third kappa shape index (κ3) is 3.63. The van der Waals surface area contributed by atoms with Crippen molar-refractivity contribution >= 4 is 31.8 Å². The Bertz CT molecular complexity index is 805. The van der Waals surface area contributed by atoms with Gasteiger partial charge in [0.25, 0.3) is 0 Å². The van der Waals surface area contributed by atoms with E-state index >= 15 is 0 Å². The number of guanidine groups is 1. The van der Waals surface area contributed by atoms with Crippen LogP contribution in [0.4, 0.5) is 17.6 Å². The summed E-state index contributed by atoms with van der Waals surface area (Å²) in [6, 6.07) is 2.48. The van der Waals surface area contributed by atoms with Crippen molar-refractivity contribution < 1.29 is 21.8 Å². The topological polar surface area (TPSA) is 83.9 Å². The molecule has 12 heteroatoms. The van der Waals surface area contributed by atoms with Crippen LogP contribution in [-0.2, 0) is 15.5 Å². The van der Waals surface area contributed by atoms with Gasteiger partial charge in [0, 0.05) is 7.05 Å². The first kappa shape index (κ1) is 18.9. The Kier molecular flexibility index (Phi) is 4.83. The molecule has 1 aromatic heterocycles. The molecule has 0 aliphatic carbocycles. The van der Waals surface area contributed by atoms with Gasteiger partial charge >= 0.3 is 6.18 Å². The lowest BCUT2D eigenvalue weighted by atomic mass is 10.00. The lowest BCUT2D eigenvalue weighted by Crippen LogP contribution is -2.55. The Morgan fingerprint density at radius 1 is 1.50 bits per heavy atom. The molecule has 2 atom stereocenters. The number of nitrogens with zero attached hydrogens (tertiary/aromatic N) is 4. The molecular weight excluding hydrogens is 418 g/mol. The summed E-state index contributed by atoms with van der Waals surface area (Å²) in [6.07, 6.45) is -4.65. The van der Waals surface area contributed by atoms with E-state index in [1.807, 2.05) is 0 Å². The zero-order valence-corrected chi connectivity index (χ0v) is 15.0. The van der Waals surface area contributed by atoms with Crippen molar-refractivity contribution in [1.29, 1.82) is 0 Å². The second-order valence-corrected chi connectivity index (χ2v) is 8.41. The first-order valence-corrected chi connectivity index (χ1v) is 8.99. The largest absolute Gasteiger partial charge is 0.407 e. The lowest BCUT2D eigenvalue weighted by molar-refractivity contribution is -0.130. The molecule has 0 saturated heterocycles. The molecule has 0 saturated carbocycles. The minimum atomic E-state index is -4.65. The standard InChI is InChI=1S/C12H14BrF4N5OS/c1-11(9-7(14)3-4-8(13)20-9)6-24(23,19-2)22(10(18)21-11)5-12(15,16)17/h3-4H,5-6H2,1-2H3,(H2,18,21). The van der Waals surface area contributed by atoms with Crippen molar-refractivity contribution in [2.75, 3.05) is 19.3 Å². The quantitative estimate of drug-likeness (QED) is 0.576. The number of aliphatic imine (C=N–C) groups is 1. The minimum absolute atomic E-state index is 0.178. The van der Waals surface area contributed by atoms with Crippen LogP contribution in [0.15, 0.2) is 26.1 Å². The van der Waals surface area contributed by atoms with Gasteiger partial charge < -0.3 is 5.73 Å². The van der Waals surface area contributed by atoms with Gasteiger partial charge in [0.2, 0.25) is 5.96 Å². The molecule has 0 spiro atoms. The Morgan fingerprint density at radius 3 is 2.67 bits per heavy atom. The molecule has 0 radical (unpaired) electrons. The van der Waals surface area contributed by atoms with Gasteiger partial charge in [-0.25, -0.2) is 27.2 Å². The summed E-state index contributed by atoms with van der Waals surface area (Å²) in [5.41, 5.74) is 3.92. The van der Waals surface area contributed by atoms with Gasteiger partial charge in [-0.2, -0.15) is 13.2 Å². The molecule has 2 unspecified atom stereocenters. The van der Waals surface area contributed by atoms with Crippen molar-refractivity contribution in [3.63, 3.8) is 0 Å². The summed E-state index contributed by atoms with van der Waals surface area (Å²) >= 11 is 3.09. The molecule has 1 aromatic rings. The number of aromatic nitrogens is 1. The maximum atomic E-state index is 14.1. The molecule has 2 N–H and O–H groups in total. The van der Waals surface area contributed by atoms with E-state index in [0.29, 0.717) is 8.91 Å². The Balaban J connectivity index is 2.61. The first-order chi connectivity index (χ1) is 10.9. The first-order valence-electron chi connectivity index (χ1n) is 6.55. The van der Waals surface area contributed by atoms with Crippen LogP contribution in [0.5, 0.6) is 0 Å². The Labute approximate surface area is 144 Å². The number of hydrogen-bond donors (Lipinski definition) is 1. The summed E-state index contributed by atoms with van der Waals surface area (Å²) < 4.78 is 69.5. The number of alkyl halides is 3. The fraction of sp³-hybridized carbons (Fsp3) is 0.500. The van der Waals surface area contributed by atoms with Crippen molar-refractivity contribution in [1.82, 2.24) is 9.29 Å². The monoisotopic (exact) mass is 431 g/mol. The molecular formula is C12H14BrF4N5OS. The molecule has 0 bridgehead atoms. The molecule has 0 amide bonds. The fourth-order valence-corrected chi connectivity index (χ4v) is 4.76. The molecule has 6 nitrogen and oxygen atoms in total. The fourth-order valence-electron chi connectivity index (χ4n) is 2.36. The number of hydrogen-bond acceptors (Lipinski definition) is 5. The van der Waals surface area contributed by atoms with E-state index in [2.05, 4.69) is 30.3 Å². The predicted molar refractivity (Wildman–Crippen MR) is 85.0 cm³/mol. The predicted octanol–water partition coefficient (Wildman–Crippen LogP) is 2.40. The van der Waals surface area contributed by atoms with Gasteiger partial charge in [-0.3, -0.25) is 0 Å². The van der Waals surface area contributed by atoms with E-state index in [1.54, 1.807) is 0 Å². The summed E-state index contributed by atoms with van der Waals surface area (Å²) in [5.74, 6) is -1.84. The van der Waals surface area contributed by atoms with Crippen LogP contribution in [-0.4, -0.2) is 45.0 Å². The molecule has 1 aliphatic heterocycles. The smallest absolute Gasteiger partial charge is 0.369 e. The van der Waals surface area contributed by atoms with Crippen LogP contribution in [0.1, 0.15) is 12.6 Å². The van der Waals surface area contributed by atoms with Crippen LogP contribution < -0.4 is 5.73 Å². The average Bonchev–Trinajstić information content (AvgIpc) is 2.44. The number of pyridine rings is 1. The van der Waals surface area contributed by atoms with Crippen molar-refractivity contribution in [3.05, 3.63) is 28.2 Å². The SMILES string of the molecule is CN=S1(=O)CC(C)(c2nc(Br)ccc2F)N=C(N)N1CC(F)(F)F. The highest BCUT2D eigenvalue weighted by atomic mass is 79.9. The average molecular weight is 432 g/mol. The number of rotatable bonds is 2. The second kappa shape index (κ2) is 6.14. The van der Waals surface area contributed by atoms with Crippen molar-refractivity contribution in [2.24, 2.45) is 15.1 Å². The second-order valence-electron chi connectivity index (χ2n) is 5.29. The third-order valence-electron chi connectivity index (χ3n) is 3.36. The van der Waals surface area contributed by atoms with Gasteiger partial charge in [0.15, 0.2) is 0 Å². The summed E-state index contributed by atoms with van der Waals surface area (Å²) in [7, 11) is -2.46. The molecule has 2 heterocycles. The summed E-state index contributed by atoms with van der Waals surface area (Å²) in [4.78, 5) is 7.93. The molecule has 1 aliphatic rings. The lowest BCUT2D eigenvalue weighted by Gasteiger charge is -2.38. The van der Waals surface area contributed by atoms with Gasteiger partial charge in [-0.05, 0) is 35.0 Å². The zero-order valence-electron chi connectivity index (χ0n) is 12.6. The molecule has 24 heavy (non-hydrogen) atoms. The third-order valence-corrected chi connectivity index (χ3v) is 6.32. The van der Waals surface area contributed by atoms with Gasteiger partial charge in [0.05, 0.1) is 5.75 Å².